The van der Waals surface area contributed by atoms with Gasteiger partial charge in [-0.3, -0.25) is 4.68 Å². The fourth-order valence-corrected chi connectivity index (χ4v) is 2.22. The molecular weight excluding hydrogens is 335 g/mol. The van der Waals surface area contributed by atoms with Crippen LogP contribution in [0.2, 0.25) is 0 Å². The molecule has 0 spiro atoms. The number of aryl methyl sites for hydroxylation is 1. The highest BCUT2D eigenvalue weighted by molar-refractivity contribution is 5.67. The maximum absolute atomic E-state index is 13.3. The Bertz CT molecular complexity index is 891. The van der Waals surface area contributed by atoms with Gasteiger partial charge in [0.2, 0.25) is 5.95 Å². The summed E-state index contributed by atoms with van der Waals surface area (Å²) in [7, 11) is 3.09. The molecule has 0 saturated carbocycles. The Labute approximate surface area is 141 Å². The van der Waals surface area contributed by atoms with Crippen molar-refractivity contribution in [2.75, 3.05) is 12.4 Å². The molecule has 0 bridgehead atoms. The van der Waals surface area contributed by atoms with E-state index in [1.165, 1.54) is 24.2 Å². The summed E-state index contributed by atoms with van der Waals surface area (Å²) in [6.45, 7) is 0. The van der Waals surface area contributed by atoms with Crippen LogP contribution in [-0.4, -0.2) is 26.9 Å². The van der Waals surface area contributed by atoms with Gasteiger partial charge >= 0.3 is 6.18 Å². The number of ether oxygens (including phenoxy) is 1. The molecule has 0 saturated heterocycles. The van der Waals surface area contributed by atoms with Crippen molar-refractivity contribution in [3.8, 4) is 17.0 Å². The Morgan fingerprint density at radius 2 is 2.08 bits per heavy atom. The molecule has 3 rings (SSSR count). The fourth-order valence-electron chi connectivity index (χ4n) is 2.22. The number of alkyl halides is 3. The quantitative estimate of drug-likeness (QED) is 0.782. The molecule has 0 atom stereocenters. The zero-order valence-corrected chi connectivity index (χ0v) is 13.3. The summed E-state index contributed by atoms with van der Waals surface area (Å²) < 4.78 is 46.4. The molecule has 1 radical (unpaired) electrons. The molecule has 1 N–H and O–H groups in total. The largest absolute Gasteiger partial charge is 0.495 e. The Morgan fingerprint density at radius 3 is 2.72 bits per heavy atom. The van der Waals surface area contributed by atoms with Crippen molar-refractivity contribution in [3.63, 3.8) is 0 Å². The Kier molecular flexibility index (Phi) is 4.30. The molecule has 0 aliphatic carbocycles. The number of halogens is 3. The number of methoxy groups -OCH3 is 1. The summed E-state index contributed by atoms with van der Waals surface area (Å²) >= 11 is 0. The summed E-state index contributed by atoms with van der Waals surface area (Å²) in [6.07, 6.45) is -1.05. The topological polar surface area (TPSA) is 64.9 Å². The van der Waals surface area contributed by atoms with Crippen LogP contribution in [0, 0.1) is 6.07 Å². The normalized spacial score (nSPS) is 11.4. The third kappa shape index (κ3) is 3.54. The first kappa shape index (κ1) is 16.7. The van der Waals surface area contributed by atoms with E-state index >= 15 is 0 Å². The van der Waals surface area contributed by atoms with E-state index < -0.39 is 11.7 Å². The average Bonchev–Trinajstić information content (AvgIpc) is 3.01. The molecule has 0 aliphatic rings. The van der Waals surface area contributed by atoms with Crippen molar-refractivity contribution in [3.05, 3.63) is 48.4 Å². The average molecular weight is 348 g/mol. The van der Waals surface area contributed by atoms with Crippen LogP contribution >= 0.6 is 0 Å². The van der Waals surface area contributed by atoms with Crippen LogP contribution in [0.3, 0.4) is 0 Å². The van der Waals surface area contributed by atoms with Gasteiger partial charge in [-0.2, -0.15) is 18.3 Å². The molecule has 9 heteroatoms. The molecule has 6 nitrogen and oxygen atoms in total. The minimum absolute atomic E-state index is 0.0105. The van der Waals surface area contributed by atoms with Crippen molar-refractivity contribution in [2.45, 2.75) is 6.18 Å². The lowest BCUT2D eigenvalue weighted by Crippen LogP contribution is -2.11. The summed E-state index contributed by atoms with van der Waals surface area (Å²) in [6, 6.07) is 7.73. The number of rotatable bonds is 4. The van der Waals surface area contributed by atoms with Gasteiger partial charge < -0.3 is 10.1 Å². The number of aromatic nitrogens is 4. The number of anilines is 2. The minimum atomic E-state index is -4.58. The Balaban J connectivity index is 2.05. The highest BCUT2D eigenvalue weighted by Gasteiger charge is 2.35. The van der Waals surface area contributed by atoms with Crippen LogP contribution in [-0.2, 0) is 13.2 Å². The molecular formula is C16H13F3N5O. The second-order valence-corrected chi connectivity index (χ2v) is 5.11. The lowest BCUT2D eigenvalue weighted by Gasteiger charge is -2.13. The van der Waals surface area contributed by atoms with Gasteiger partial charge in [-0.25, -0.2) is 9.97 Å². The van der Waals surface area contributed by atoms with Gasteiger partial charge in [-0.1, -0.05) is 6.07 Å². The van der Waals surface area contributed by atoms with Crippen LogP contribution in [0.25, 0.3) is 11.3 Å². The third-order valence-electron chi connectivity index (χ3n) is 3.36. The number of nitrogens with zero attached hydrogens (tertiary/aromatic N) is 4. The van der Waals surface area contributed by atoms with Crippen LogP contribution in [0.1, 0.15) is 5.56 Å². The van der Waals surface area contributed by atoms with Crippen molar-refractivity contribution >= 4 is 11.6 Å². The van der Waals surface area contributed by atoms with Gasteiger partial charge in [0.25, 0.3) is 0 Å². The van der Waals surface area contributed by atoms with Gasteiger partial charge in [-0.15, -0.1) is 0 Å². The van der Waals surface area contributed by atoms with E-state index in [4.69, 9.17) is 4.74 Å². The molecule has 3 aromatic rings. The van der Waals surface area contributed by atoms with Crippen molar-refractivity contribution in [2.24, 2.45) is 7.05 Å². The number of hydrogen-bond donors (Lipinski definition) is 1. The zero-order valence-electron chi connectivity index (χ0n) is 13.3. The van der Waals surface area contributed by atoms with Crippen LogP contribution < -0.4 is 10.1 Å². The standard InChI is InChI=1S/C16H13F3N5O/c1-24-9-10(7-21-24)14-11(16(17,18)19)8-20-15(23-14)22-12-5-3-4-6-13(12)25-2/h3,5-9H,1-2H3,(H,20,22,23). The summed E-state index contributed by atoms with van der Waals surface area (Å²) in [4.78, 5) is 7.81. The monoisotopic (exact) mass is 348 g/mol. The van der Waals surface area contributed by atoms with Crippen LogP contribution in [0.15, 0.2) is 36.8 Å². The molecule has 0 aliphatic heterocycles. The van der Waals surface area contributed by atoms with E-state index in [-0.39, 0.29) is 17.2 Å². The lowest BCUT2D eigenvalue weighted by molar-refractivity contribution is -0.137. The van der Waals surface area contributed by atoms with E-state index in [1.807, 2.05) is 0 Å². The minimum Gasteiger partial charge on any atom is -0.495 e. The Morgan fingerprint density at radius 1 is 1.28 bits per heavy atom. The van der Waals surface area contributed by atoms with E-state index in [9.17, 15) is 13.2 Å². The molecule has 0 fully saturated rings. The van der Waals surface area contributed by atoms with E-state index in [2.05, 4.69) is 26.4 Å². The summed E-state index contributed by atoms with van der Waals surface area (Å²) in [5.41, 5.74) is -0.425. The highest BCUT2D eigenvalue weighted by atomic mass is 19.4. The second kappa shape index (κ2) is 6.42. The lowest BCUT2D eigenvalue weighted by atomic mass is 10.1. The van der Waals surface area contributed by atoms with Crippen molar-refractivity contribution < 1.29 is 17.9 Å². The number of nitrogens with one attached hydrogen (secondary N) is 1. The molecule has 0 amide bonds. The third-order valence-corrected chi connectivity index (χ3v) is 3.36. The predicted molar refractivity (Wildman–Crippen MR) is 84.3 cm³/mol. The van der Waals surface area contributed by atoms with E-state index in [1.54, 1.807) is 25.2 Å². The van der Waals surface area contributed by atoms with Crippen molar-refractivity contribution in [1.82, 2.24) is 19.7 Å². The van der Waals surface area contributed by atoms with Gasteiger partial charge in [0.05, 0.1) is 24.7 Å². The van der Waals surface area contributed by atoms with E-state index in [0.29, 0.717) is 11.4 Å². The maximum atomic E-state index is 13.3. The van der Waals surface area contributed by atoms with Gasteiger partial charge in [0.1, 0.15) is 11.3 Å². The Hall–Kier alpha value is -3.10. The van der Waals surface area contributed by atoms with Gasteiger partial charge in [0, 0.05) is 25.0 Å². The molecule has 2 aromatic heterocycles. The number of benzene rings is 1. The molecule has 129 valence electrons. The smallest absolute Gasteiger partial charge is 0.419 e. The predicted octanol–water partition coefficient (Wildman–Crippen LogP) is 3.45. The first-order valence-corrected chi connectivity index (χ1v) is 7.13. The van der Waals surface area contributed by atoms with E-state index in [0.717, 1.165) is 6.20 Å². The van der Waals surface area contributed by atoms with Gasteiger partial charge in [0.15, 0.2) is 0 Å². The first-order chi connectivity index (χ1) is 11.9. The van der Waals surface area contributed by atoms with Crippen molar-refractivity contribution in [1.29, 1.82) is 0 Å². The SMILES string of the molecule is COc1c[c]ccc1Nc1ncc(C(F)(F)F)c(-c2cnn(C)c2)n1. The summed E-state index contributed by atoms with van der Waals surface area (Å²) in [5.74, 6) is 0.477. The second-order valence-electron chi connectivity index (χ2n) is 5.11. The van der Waals surface area contributed by atoms with Gasteiger partial charge in [-0.05, 0) is 18.2 Å². The highest BCUT2D eigenvalue weighted by Crippen LogP contribution is 2.36. The zero-order chi connectivity index (χ0) is 18.0. The summed E-state index contributed by atoms with van der Waals surface area (Å²) in [5, 5.41) is 6.76. The maximum Gasteiger partial charge on any atom is 0.419 e. The molecule has 1 aromatic carbocycles. The molecule has 2 heterocycles. The molecule has 0 unspecified atom stereocenters. The molecule has 25 heavy (non-hydrogen) atoms. The first-order valence-electron chi connectivity index (χ1n) is 7.13. The number of hydrogen-bond acceptors (Lipinski definition) is 5. The fraction of sp³-hybridized carbons (Fsp3) is 0.188. The van der Waals surface area contributed by atoms with Crippen LogP contribution in [0.5, 0.6) is 5.75 Å². The van der Waals surface area contributed by atoms with Crippen LogP contribution in [0.4, 0.5) is 24.8 Å².